The maximum Gasteiger partial charge on any atom is 0.0918 e. The summed E-state index contributed by atoms with van der Waals surface area (Å²) < 4.78 is 0. The Morgan fingerprint density at radius 1 is 1.50 bits per heavy atom. The third-order valence-corrected chi connectivity index (χ3v) is 2.40. The molecule has 1 rings (SSSR count). The van der Waals surface area contributed by atoms with Gasteiger partial charge in [-0.05, 0) is 46.0 Å². The fourth-order valence-corrected chi connectivity index (χ4v) is 1.47. The lowest BCUT2D eigenvalue weighted by atomic mass is 10.1. The normalized spacial score (nSPS) is 22.7. The summed E-state index contributed by atoms with van der Waals surface area (Å²) in [4.78, 5) is 2.35. The molecule has 0 bridgehead atoms. The maximum absolute atomic E-state index is 5.67. The highest BCUT2D eigenvalue weighted by Crippen LogP contribution is 2.08. The Kier molecular flexibility index (Phi) is 3.41. The molecule has 0 atom stereocenters. The van der Waals surface area contributed by atoms with Crippen LogP contribution in [0.4, 0.5) is 0 Å². The molecule has 12 heavy (non-hydrogen) atoms. The first-order chi connectivity index (χ1) is 5.72. The number of nitrogens with two attached hydrogens (primary N) is 1. The number of hydrogen-bond donors (Lipinski definition) is 2. The van der Waals surface area contributed by atoms with Gasteiger partial charge < -0.3 is 16.0 Å². The van der Waals surface area contributed by atoms with Crippen LogP contribution in [0.15, 0.2) is 11.9 Å². The number of likely N-dealkylation sites (tertiary alicyclic amines) is 1. The minimum absolute atomic E-state index is 0.581. The monoisotopic (exact) mass is 169 g/mol. The smallest absolute Gasteiger partial charge is 0.0918 e. The number of nitrogens with one attached hydrogen (secondary N) is 1. The first kappa shape index (κ1) is 9.39. The quantitative estimate of drug-likeness (QED) is 0.632. The Morgan fingerprint density at radius 3 is 2.58 bits per heavy atom. The van der Waals surface area contributed by atoms with Crippen LogP contribution in [0.5, 0.6) is 0 Å². The van der Waals surface area contributed by atoms with Crippen LogP contribution >= 0.6 is 0 Å². The fraction of sp³-hybridized carbons (Fsp3) is 0.778. The number of hydrogen-bond acceptors (Lipinski definition) is 3. The van der Waals surface area contributed by atoms with Crippen molar-refractivity contribution in [2.75, 3.05) is 20.1 Å². The molecule has 3 nitrogen and oxygen atoms in total. The van der Waals surface area contributed by atoms with Gasteiger partial charge in [-0.2, -0.15) is 0 Å². The van der Waals surface area contributed by atoms with E-state index in [1.54, 1.807) is 0 Å². The lowest BCUT2D eigenvalue weighted by molar-refractivity contribution is 0.241. The third kappa shape index (κ3) is 2.74. The molecule has 0 spiro atoms. The van der Waals surface area contributed by atoms with E-state index in [2.05, 4.69) is 17.3 Å². The zero-order chi connectivity index (χ0) is 8.97. The second-order valence-electron chi connectivity index (χ2n) is 3.47. The summed E-state index contributed by atoms with van der Waals surface area (Å²) >= 11 is 0. The van der Waals surface area contributed by atoms with Gasteiger partial charge in [0.25, 0.3) is 0 Å². The van der Waals surface area contributed by atoms with E-state index in [1.165, 1.54) is 25.9 Å². The summed E-state index contributed by atoms with van der Waals surface area (Å²) in [5.41, 5.74) is 5.67. The van der Waals surface area contributed by atoms with Crippen molar-refractivity contribution >= 4 is 0 Å². The second-order valence-corrected chi connectivity index (χ2v) is 3.47. The average Bonchev–Trinajstić information content (AvgIpc) is 2.09. The molecule has 1 fully saturated rings. The molecule has 0 aromatic carbocycles. The standard InChI is InChI=1S/C9H19N3/c1-3-9(10)11-8-4-6-12(2)7-5-8/h3,8,11H,4-7,10H2,1-2H3/b9-3+. The highest BCUT2D eigenvalue weighted by Gasteiger charge is 2.15. The SMILES string of the molecule is C/C=C(\N)NC1CCN(C)CC1. The van der Waals surface area contributed by atoms with Gasteiger partial charge in [-0.15, -0.1) is 0 Å². The van der Waals surface area contributed by atoms with Crippen LogP contribution in [0.1, 0.15) is 19.8 Å². The molecular weight excluding hydrogens is 150 g/mol. The van der Waals surface area contributed by atoms with Crippen molar-refractivity contribution < 1.29 is 0 Å². The second kappa shape index (κ2) is 4.36. The summed E-state index contributed by atoms with van der Waals surface area (Å²) in [5.74, 6) is 0.810. The van der Waals surface area contributed by atoms with Crippen LogP contribution in [0.2, 0.25) is 0 Å². The molecular formula is C9H19N3. The summed E-state index contributed by atoms with van der Waals surface area (Å²) in [5, 5.41) is 3.30. The van der Waals surface area contributed by atoms with Crippen molar-refractivity contribution in [3.63, 3.8) is 0 Å². The Balaban J connectivity index is 2.26. The van der Waals surface area contributed by atoms with Crippen molar-refractivity contribution in [3.05, 3.63) is 11.9 Å². The van der Waals surface area contributed by atoms with Crippen LogP contribution in [0.3, 0.4) is 0 Å². The van der Waals surface area contributed by atoms with Crippen LogP contribution in [-0.4, -0.2) is 31.1 Å². The third-order valence-electron chi connectivity index (χ3n) is 2.40. The Bertz CT molecular complexity index is 157. The van der Waals surface area contributed by atoms with Crippen molar-refractivity contribution in [3.8, 4) is 0 Å². The van der Waals surface area contributed by atoms with Crippen LogP contribution in [0.25, 0.3) is 0 Å². The van der Waals surface area contributed by atoms with Crippen molar-refractivity contribution in [1.82, 2.24) is 10.2 Å². The summed E-state index contributed by atoms with van der Waals surface area (Å²) in [7, 11) is 2.16. The fourth-order valence-electron chi connectivity index (χ4n) is 1.47. The number of rotatable bonds is 2. The van der Waals surface area contributed by atoms with Gasteiger partial charge in [0.05, 0.1) is 5.82 Å². The zero-order valence-electron chi connectivity index (χ0n) is 8.01. The minimum atomic E-state index is 0.581. The van der Waals surface area contributed by atoms with Crippen LogP contribution < -0.4 is 11.1 Å². The molecule has 3 heteroatoms. The number of allylic oxidation sites excluding steroid dienone is 1. The van der Waals surface area contributed by atoms with E-state index in [1.807, 2.05) is 13.0 Å². The number of nitrogens with zero attached hydrogens (tertiary/aromatic N) is 1. The molecule has 0 radical (unpaired) electrons. The van der Waals surface area contributed by atoms with Crippen molar-refractivity contribution in [1.29, 1.82) is 0 Å². The van der Waals surface area contributed by atoms with Crippen LogP contribution in [-0.2, 0) is 0 Å². The minimum Gasteiger partial charge on any atom is -0.386 e. The average molecular weight is 169 g/mol. The summed E-state index contributed by atoms with van der Waals surface area (Å²) in [6, 6.07) is 0.581. The van der Waals surface area contributed by atoms with Crippen molar-refractivity contribution in [2.24, 2.45) is 5.73 Å². The maximum atomic E-state index is 5.67. The first-order valence-corrected chi connectivity index (χ1v) is 4.59. The Hall–Kier alpha value is -0.700. The molecule has 1 saturated heterocycles. The van der Waals surface area contributed by atoms with E-state index in [9.17, 15) is 0 Å². The zero-order valence-corrected chi connectivity index (χ0v) is 8.01. The van der Waals surface area contributed by atoms with Gasteiger partial charge in [-0.3, -0.25) is 0 Å². The van der Waals surface area contributed by atoms with E-state index in [0.29, 0.717) is 6.04 Å². The number of piperidine rings is 1. The van der Waals surface area contributed by atoms with Gasteiger partial charge in [0, 0.05) is 6.04 Å². The lowest BCUT2D eigenvalue weighted by Gasteiger charge is -2.30. The lowest BCUT2D eigenvalue weighted by Crippen LogP contribution is -2.41. The van der Waals surface area contributed by atoms with E-state index in [-0.39, 0.29) is 0 Å². The van der Waals surface area contributed by atoms with E-state index < -0.39 is 0 Å². The van der Waals surface area contributed by atoms with Crippen LogP contribution in [0, 0.1) is 0 Å². The molecule has 70 valence electrons. The molecule has 0 aliphatic carbocycles. The molecule has 1 aliphatic rings. The van der Waals surface area contributed by atoms with Gasteiger partial charge >= 0.3 is 0 Å². The predicted octanol–water partition coefficient (Wildman–Crippen LogP) is 0.490. The van der Waals surface area contributed by atoms with E-state index in [4.69, 9.17) is 5.73 Å². The van der Waals surface area contributed by atoms with Gasteiger partial charge in [0.2, 0.25) is 0 Å². The van der Waals surface area contributed by atoms with Crippen molar-refractivity contribution in [2.45, 2.75) is 25.8 Å². The Labute approximate surface area is 74.6 Å². The molecule has 1 heterocycles. The molecule has 0 aromatic rings. The molecule has 1 aliphatic heterocycles. The van der Waals surface area contributed by atoms with Gasteiger partial charge in [0.15, 0.2) is 0 Å². The molecule has 3 N–H and O–H groups in total. The topological polar surface area (TPSA) is 41.3 Å². The van der Waals surface area contributed by atoms with Gasteiger partial charge in [0.1, 0.15) is 0 Å². The summed E-state index contributed by atoms with van der Waals surface area (Å²) in [6.45, 7) is 4.31. The van der Waals surface area contributed by atoms with E-state index in [0.717, 1.165) is 5.82 Å². The van der Waals surface area contributed by atoms with E-state index >= 15 is 0 Å². The highest BCUT2D eigenvalue weighted by atomic mass is 15.1. The predicted molar refractivity (Wildman–Crippen MR) is 51.6 cm³/mol. The molecule has 0 saturated carbocycles. The highest BCUT2D eigenvalue weighted by molar-refractivity contribution is 4.94. The van der Waals surface area contributed by atoms with Gasteiger partial charge in [-0.25, -0.2) is 0 Å². The largest absolute Gasteiger partial charge is 0.386 e. The molecule has 0 aromatic heterocycles. The molecule has 0 amide bonds. The summed E-state index contributed by atoms with van der Waals surface area (Å²) in [6.07, 6.45) is 4.31. The Morgan fingerprint density at radius 2 is 2.08 bits per heavy atom. The molecule has 0 unspecified atom stereocenters. The first-order valence-electron chi connectivity index (χ1n) is 4.59. The van der Waals surface area contributed by atoms with Gasteiger partial charge in [-0.1, -0.05) is 0 Å².